The number of nitrogens with one attached hydrogen (secondary N) is 1. The fraction of sp³-hybridized carbons (Fsp3) is 0.353. The van der Waals surface area contributed by atoms with Crippen molar-refractivity contribution in [2.45, 2.75) is 12.5 Å². The molecule has 2 atom stereocenters. The zero-order chi connectivity index (χ0) is 13.4. The van der Waals surface area contributed by atoms with Crippen LogP contribution in [0, 0.1) is 5.92 Å². The monoisotopic (exact) mass is 265 g/mol. The quantitative estimate of drug-likeness (QED) is 0.904. The number of benzene rings is 1. The Morgan fingerprint density at radius 2 is 1.95 bits per heavy atom. The van der Waals surface area contributed by atoms with Crippen molar-refractivity contribution in [2.24, 2.45) is 5.92 Å². The zero-order valence-corrected chi connectivity index (χ0v) is 11.5. The van der Waals surface area contributed by atoms with Gasteiger partial charge in [-0.3, -0.25) is 4.98 Å². The highest BCUT2D eigenvalue weighted by Crippen LogP contribution is 2.29. The summed E-state index contributed by atoms with van der Waals surface area (Å²) in [6, 6.07) is 13.4. The molecule has 1 aromatic heterocycles. The van der Waals surface area contributed by atoms with Crippen molar-refractivity contribution in [3.05, 3.63) is 48.8 Å². The Balaban J connectivity index is 1.63. The average Bonchev–Trinajstić information content (AvgIpc) is 2.86. The molecule has 3 heterocycles. The third-order valence-corrected chi connectivity index (χ3v) is 4.43. The molecule has 20 heavy (non-hydrogen) atoms. The molecule has 102 valence electrons. The van der Waals surface area contributed by atoms with Crippen molar-refractivity contribution >= 4 is 5.69 Å². The Kier molecular flexibility index (Phi) is 2.92. The predicted octanol–water partition coefficient (Wildman–Crippen LogP) is 2.55. The van der Waals surface area contributed by atoms with E-state index in [1.165, 1.54) is 29.8 Å². The van der Waals surface area contributed by atoms with E-state index in [2.05, 4.69) is 51.6 Å². The first-order valence-electron chi connectivity index (χ1n) is 7.37. The van der Waals surface area contributed by atoms with Gasteiger partial charge < -0.3 is 10.2 Å². The van der Waals surface area contributed by atoms with Gasteiger partial charge in [-0.1, -0.05) is 30.3 Å². The number of hydrogen-bond acceptors (Lipinski definition) is 3. The van der Waals surface area contributed by atoms with Crippen LogP contribution >= 0.6 is 0 Å². The Morgan fingerprint density at radius 3 is 2.80 bits per heavy atom. The number of piperidine rings is 1. The van der Waals surface area contributed by atoms with Crippen molar-refractivity contribution in [3.63, 3.8) is 0 Å². The Labute approximate surface area is 119 Å². The molecule has 0 radical (unpaired) electrons. The first-order chi connectivity index (χ1) is 9.88. The third kappa shape index (κ3) is 2.18. The number of fused-ring (bicyclic) bond motifs is 2. The summed E-state index contributed by atoms with van der Waals surface area (Å²) in [5, 5.41) is 3.60. The van der Waals surface area contributed by atoms with Crippen LogP contribution < -0.4 is 10.2 Å². The van der Waals surface area contributed by atoms with E-state index in [0.29, 0.717) is 6.04 Å². The molecule has 0 spiro atoms. The molecule has 3 nitrogen and oxygen atoms in total. The van der Waals surface area contributed by atoms with Crippen LogP contribution in [0.3, 0.4) is 0 Å². The average molecular weight is 265 g/mol. The van der Waals surface area contributed by atoms with Crippen LogP contribution in [-0.2, 0) is 0 Å². The van der Waals surface area contributed by atoms with Crippen LogP contribution in [0.2, 0.25) is 0 Å². The minimum absolute atomic E-state index is 0.661. The van der Waals surface area contributed by atoms with Crippen molar-refractivity contribution in [2.75, 3.05) is 24.5 Å². The maximum atomic E-state index is 4.44. The summed E-state index contributed by atoms with van der Waals surface area (Å²) in [5.41, 5.74) is 3.69. The predicted molar refractivity (Wildman–Crippen MR) is 81.8 cm³/mol. The summed E-state index contributed by atoms with van der Waals surface area (Å²) in [5.74, 6) is 0.800. The normalized spacial score (nSPS) is 24.9. The van der Waals surface area contributed by atoms with E-state index in [-0.39, 0.29) is 0 Å². The number of rotatable bonds is 2. The number of hydrogen-bond donors (Lipinski definition) is 1. The van der Waals surface area contributed by atoms with Gasteiger partial charge in [0.2, 0.25) is 0 Å². The molecular formula is C17H19N3. The summed E-state index contributed by atoms with van der Waals surface area (Å²) >= 11 is 0. The highest BCUT2D eigenvalue weighted by Gasteiger charge is 2.32. The van der Waals surface area contributed by atoms with Crippen LogP contribution in [0.4, 0.5) is 5.69 Å². The molecule has 2 aliphatic rings. The molecule has 0 amide bonds. The second-order valence-corrected chi connectivity index (χ2v) is 5.91. The van der Waals surface area contributed by atoms with Gasteiger partial charge in [0.1, 0.15) is 0 Å². The summed E-state index contributed by atoms with van der Waals surface area (Å²) in [7, 11) is 0. The molecule has 4 rings (SSSR count). The SMILES string of the molecule is c1ccc(-c2cncc(N3CC4CNC(C4)C3)c2)cc1. The van der Waals surface area contributed by atoms with Gasteiger partial charge in [-0.05, 0) is 24.0 Å². The lowest BCUT2D eigenvalue weighted by molar-refractivity contribution is 0.474. The van der Waals surface area contributed by atoms with Crippen LogP contribution in [0.15, 0.2) is 48.8 Å². The molecule has 2 fully saturated rings. The minimum atomic E-state index is 0.661. The Hall–Kier alpha value is -1.87. The largest absolute Gasteiger partial charge is 0.368 e. The van der Waals surface area contributed by atoms with Gasteiger partial charge in [-0.15, -0.1) is 0 Å². The van der Waals surface area contributed by atoms with Crippen molar-refractivity contribution in [3.8, 4) is 11.1 Å². The van der Waals surface area contributed by atoms with Crippen molar-refractivity contribution in [1.82, 2.24) is 10.3 Å². The van der Waals surface area contributed by atoms with E-state index in [1.54, 1.807) is 0 Å². The smallest absolute Gasteiger partial charge is 0.0559 e. The lowest BCUT2D eigenvalue weighted by atomic mass is 9.99. The van der Waals surface area contributed by atoms with E-state index in [1.807, 2.05) is 12.4 Å². The number of nitrogens with zero attached hydrogens (tertiary/aromatic N) is 2. The van der Waals surface area contributed by atoms with Gasteiger partial charge >= 0.3 is 0 Å². The number of aromatic nitrogens is 1. The topological polar surface area (TPSA) is 28.2 Å². The molecule has 1 N–H and O–H groups in total. The summed E-state index contributed by atoms with van der Waals surface area (Å²) in [6.07, 6.45) is 5.29. The molecular weight excluding hydrogens is 246 g/mol. The van der Waals surface area contributed by atoms with Crippen LogP contribution in [0.1, 0.15) is 6.42 Å². The van der Waals surface area contributed by atoms with E-state index >= 15 is 0 Å². The van der Waals surface area contributed by atoms with Crippen LogP contribution in [0.25, 0.3) is 11.1 Å². The Morgan fingerprint density at radius 1 is 1.05 bits per heavy atom. The summed E-state index contributed by atoms with van der Waals surface area (Å²) in [4.78, 5) is 6.93. The molecule has 1 aromatic carbocycles. The summed E-state index contributed by atoms with van der Waals surface area (Å²) in [6.45, 7) is 3.44. The maximum Gasteiger partial charge on any atom is 0.0559 e. The molecule has 0 aliphatic carbocycles. The van der Waals surface area contributed by atoms with E-state index in [4.69, 9.17) is 0 Å². The lowest BCUT2D eigenvalue weighted by Gasteiger charge is -2.32. The highest BCUT2D eigenvalue weighted by atomic mass is 15.2. The van der Waals surface area contributed by atoms with Gasteiger partial charge in [0.25, 0.3) is 0 Å². The lowest BCUT2D eigenvalue weighted by Crippen LogP contribution is -2.41. The Bertz CT molecular complexity index is 584. The van der Waals surface area contributed by atoms with Gasteiger partial charge in [0, 0.05) is 37.4 Å². The third-order valence-electron chi connectivity index (χ3n) is 4.43. The van der Waals surface area contributed by atoms with Gasteiger partial charge in [-0.25, -0.2) is 0 Å². The standard InChI is InChI=1S/C17H19N3/c1-2-4-14(5-3-1)15-7-17(10-18-9-15)20-11-13-6-16(12-20)19-8-13/h1-5,7,9-10,13,16,19H,6,8,11-12H2. The van der Waals surface area contributed by atoms with Crippen molar-refractivity contribution in [1.29, 1.82) is 0 Å². The second-order valence-electron chi connectivity index (χ2n) is 5.91. The minimum Gasteiger partial charge on any atom is -0.368 e. The molecule has 0 saturated carbocycles. The van der Waals surface area contributed by atoms with E-state index in [9.17, 15) is 0 Å². The molecule has 2 unspecified atom stereocenters. The van der Waals surface area contributed by atoms with Crippen molar-refractivity contribution < 1.29 is 0 Å². The first-order valence-corrected chi connectivity index (χ1v) is 7.37. The molecule has 3 heteroatoms. The fourth-order valence-corrected chi connectivity index (χ4v) is 3.43. The molecule has 2 aromatic rings. The number of pyridine rings is 1. The van der Waals surface area contributed by atoms with E-state index < -0.39 is 0 Å². The van der Waals surface area contributed by atoms with Gasteiger partial charge in [0.15, 0.2) is 0 Å². The number of anilines is 1. The second kappa shape index (κ2) is 4.91. The van der Waals surface area contributed by atoms with E-state index in [0.717, 1.165) is 19.0 Å². The van der Waals surface area contributed by atoms with Gasteiger partial charge in [-0.2, -0.15) is 0 Å². The fourth-order valence-electron chi connectivity index (χ4n) is 3.43. The molecule has 2 aliphatic heterocycles. The molecule has 2 saturated heterocycles. The van der Waals surface area contributed by atoms with Crippen LogP contribution in [-0.4, -0.2) is 30.7 Å². The first kappa shape index (κ1) is 11.9. The van der Waals surface area contributed by atoms with Gasteiger partial charge in [0.05, 0.1) is 11.9 Å². The zero-order valence-electron chi connectivity index (χ0n) is 11.5. The van der Waals surface area contributed by atoms with Crippen LogP contribution in [0.5, 0.6) is 0 Å². The maximum absolute atomic E-state index is 4.44. The summed E-state index contributed by atoms with van der Waals surface area (Å²) < 4.78 is 0. The molecule has 2 bridgehead atoms. The highest BCUT2D eigenvalue weighted by molar-refractivity contribution is 5.67.